The zero-order valence-electron chi connectivity index (χ0n) is 13.8. The summed E-state index contributed by atoms with van der Waals surface area (Å²) in [5.74, 6) is 0. The first-order valence-corrected chi connectivity index (χ1v) is 10.4. The predicted octanol–water partition coefficient (Wildman–Crippen LogP) is 3.57. The number of nitrogens with two attached hydrogens (primary N) is 1. The van der Waals surface area contributed by atoms with Gasteiger partial charge in [0.15, 0.2) is 5.11 Å². The number of hydrogen-bond acceptors (Lipinski definition) is 4. The quantitative estimate of drug-likeness (QED) is 0.565. The van der Waals surface area contributed by atoms with Gasteiger partial charge in [-0.1, -0.05) is 54.6 Å². The second kappa shape index (κ2) is 9.91. The number of thiocarbonyl (C=S) groups is 1. The van der Waals surface area contributed by atoms with E-state index < -0.39 is 10.0 Å². The zero-order chi connectivity index (χ0) is 18.8. The summed E-state index contributed by atoms with van der Waals surface area (Å²) < 4.78 is 26.4. The molecule has 0 saturated carbocycles. The van der Waals surface area contributed by atoms with Gasteiger partial charge in [-0.05, 0) is 41.4 Å². The van der Waals surface area contributed by atoms with Gasteiger partial charge >= 0.3 is 0 Å². The highest BCUT2D eigenvalue weighted by Crippen LogP contribution is 2.19. The minimum absolute atomic E-state index is 0.325. The van der Waals surface area contributed by atoms with Crippen LogP contribution in [0.1, 0.15) is 5.56 Å². The largest absolute Gasteiger partial charge is 0.376 e. The van der Waals surface area contributed by atoms with E-state index in [1.807, 2.05) is 36.4 Å². The molecule has 26 heavy (non-hydrogen) atoms. The maximum atomic E-state index is 11.8. The van der Waals surface area contributed by atoms with E-state index in [1.54, 1.807) is 41.8 Å². The van der Waals surface area contributed by atoms with Crippen LogP contribution in [-0.4, -0.2) is 13.5 Å². The predicted molar refractivity (Wildman–Crippen MR) is 112 cm³/mol. The minimum atomic E-state index is -3.40. The van der Waals surface area contributed by atoms with E-state index in [2.05, 4.69) is 22.3 Å². The molecule has 0 aliphatic rings. The molecule has 0 amide bonds. The van der Waals surface area contributed by atoms with Crippen molar-refractivity contribution in [3.63, 3.8) is 0 Å². The van der Waals surface area contributed by atoms with Crippen molar-refractivity contribution in [1.82, 2.24) is 5.32 Å². The Balaban J connectivity index is 0.000000197. The highest BCUT2D eigenvalue weighted by atomic mass is 32.2. The van der Waals surface area contributed by atoms with Crippen molar-refractivity contribution in [3.8, 4) is 0 Å². The van der Waals surface area contributed by atoms with E-state index in [0.717, 1.165) is 0 Å². The third-order valence-corrected chi connectivity index (χ3v) is 6.02. The summed E-state index contributed by atoms with van der Waals surface area (Å²) in [4.78, 5) is 0. The molecule has 8 heteroatoms. The first kappa shape index (κ1) is 19.9. The average molecular weight is 406 g/mol. The standard InChI is InChI=1S/C10H9NO2S2.C8H10N2S/c12-15(13,10-7-4-8-14-10)11-9-5-2-1-3-6-9;9-8(11)10-6-7-4-2-1-3-5-7/h1-8,11H;1-5H,6H2,(H3,9,10,11). The summed E-state index contributed by atoms with van der Waals surface area (Å²) in [6, 6.07) is 22.1. The Morgan fingerprint density at radius 1 is 0.962 bits per heavy atom. The van der Waals surface area contributed by atoms with E-state index in [9.17, 15) is 8.42 Å². The summed E-state index contributed by atoms with van der Waals surface area (Å²) in [7, 11) is -3.40. The van der Waals surface area contributed by atoms with Crippen molar-refractivity contribution in [2.75, 3.05) is 4.72 Å². The van der Waals surface area contributed by atoms with Crippen LogP contribution in [0.4, 0.5) is 5.69 Å². The Morgan fingerprint density at radius 3 is 2.12 bits per heavy atom. The van der Waals surface area contributed by atoms with Crippen molar-refractivity contribution in [2.24, 2.45) is 5.73 Å². The number of benzene rings is 2. The van der Waals surface area contributed by atoms with Gasteiger partial charge in [0, 0.05) is 12.2 Å². The molecule has 2 aromatic carbocycles. The fraction of sp³-hybridized carbons (Fsp3) is 0.0556. The molecule has 0 fully saturated rings. The second-order valence-corrected chi connectivity index (χ2v) is 8.40. The minimum Gasteiger partial charge on any atom is -0.376 e. The SMILES string of the molecule is NC(=S)NCc1ccccc1.O=S(=O)(Nc1ccccc1)c1cccs1. The molecule has 0 spiro atoms. The Bertz CT molecular complexity index is 897. The lowest BCUT2D eigenvalue weighted by atomic mass is 10.2. The lowest BCUT2D eigenvalue weighted by Gasteiger charge is -2.04. The number of nitrogens with one attached hydrogen (secondary N) is 2. The van der Waals surface area contributed by atoms with Gasteiger partial charge in [0.25, 0.3) is 10.0 Å². The number of sulfonamides is 1. The smallest absolute Gasteiger partial charge is 0.271 e. The van der Waals surface area contributed by atoms with Gasteiger partial charge in [-0.15, -0.1) is 11.3 Å². The Morgan fingerprint density at radius 2 is 1.58 bits per heavy atom. The summed E-state index contributed by atoms with van der Waals surface area (Å²) in [5.41, 5.74) is 7.02. The number of rotatable bonds is 5. The van der Waals surface area contributed by atoms with Gasteiger partial charge < -0.3 is 11.1 Å². The lowest BCUT2D eigenvalue weighted by molar-refractivity contribution is 0.603. The van der Waals surface area contributed by atoms with E-state index in [-0.39, 0.29) is 0 Å². The van der Waals surface area contributed by atoms with Crippen LogP contribution in [0, 0.1) is 0 Å². The third-order valence-electron chi connectivity index (χ3n) is 3.10. The van der Waals surface area contributed by atoms with Crippen LogP contribution in [0.2, 0.25) is 0 Å². The van der Waals surface area contributed by atoms with Gasteiger partial charge in [-0.25, -0.2) is 8.42 Å². The highest BCUT2D eigenvalue weighted by Gasteiger charge is 2.14. The molecular weight excluding hydrogens is 386 g/mol. The fourth-order valence-corrected chi connectivity index (χ4v) is 4.04. The normalized spacial score (nSPS) is 10.3. The van der Waals surface area contributed by atoms with Crippen LogP contribution < -0.4 is 15.8 Å². The monoisotopic (exact) mass is 405 g/mol. The van der Waals surface area contributed by atoms with E-state index in [4.69, 9.17) is 5.73 Å². The van der Waals surface area contributed by atoms with E-state index in [1.165, 1.54) is 16.9 Å². The van der Waals surface area contributed by atoms with Crippen molar-refractivity contribution in [2.45, 2.75) is 10.8 Å². The van der Waals surface area contributed by atoms with Crippen molar-refractivity contribution in [3.05, 3.63) is 83.7 Å². The number of hydrogen-bond donors (Lipinski definition) is 3. The van der Waals surface area contributed by atoms with Crippen molar-refractivity contribution >= 4 is 44.4 Å². The maximum absolute atomic E-state index is 11.8. The molecule has 0 saturated heterocycles. The van der Waals surface area contributed by atoms with Crippen LogP contribution in [0.3, 0.4) is 0 Å². The molecule has 136 valence electrons. The molecule has 4 N–H and O–H groups in total. The highest BCUT2D eigenvalue weighted by molar-refractivity contribution is 7.94. The van der Waals surface area contributed by atoms with Crippen molar-refractivity contribution in [1.29, 1.82) is 0 Å². The molecule has 0 aliphatic carbocycles. The van der Waals surface area contributed by atoms with E-state index >= 15 is 0 Å². The van der Waals surface area contributed by atoms with Gasteiger partial charge in [0.05, 0.1) is 0 Å². The first-order chi connectivity index (χ1) is 12.5. The van der Waals surface area contributed by atoms with Crippen LogP contribution in [0.15, 0.2) is 82.4 Å². The average Bonchev–Trinajstić information content (AvgIpc) is 3.18. The molecule has 0 aliphatic heterocycles. The van der Waals surface area contributed by atoms with Gasteiger partial charge in [-0.2, -0.15) is 0 Å². The summed E-state index contributed by atoms with van der Waals surface area (Å²) >= 11 is 5.86. The summed E-state index contributed by atoms with van der Waals surface area (Å²) in [6.07, 6.45) is 0. The second-order valence-electron chi connectivity index (χ2n) is 5.11. The number of para-hydroxylation sites is 1. The number of anilines is 1. The topological polar surface area (TPSA) is 84.2 Å². The molecule has 5 nitrogen and oxygen atoms in total. The first-order valence-electron chi connectivity index (χ1n) is 7.66. The molecule has 3 rings (SSSR count). The third kappa shape index (κ3) is 6.83. The van der Waals surface area contributed by atoms with Crippen LogP contribution >= 0.6 is 23.6 Å². The van der Waals surface area contributed by atoms with Gasteiger partial charge in [0.1, 0.15) is 4.21 Å². The van der Waals surface area contributed by atoms with Crippen LogP contribution in [0.25, 0.3) is 0 Å². The zero-order valence-corrected chi connectivity index (χ0v) is 16.3. The molecule has 1 heterocycles. The molecule has 0 radical (unpaired) electrons. The fourth-order valence-electron chi connectivity index (χ4n) is 1.91. The van der Waals surface area contributed by atoms with Crippen molar-refractivity contribution < 1.29 is 8.42 Å². The molecule has 0 atom stereocenters. The molecule has 3 aromatic rings. The lowest BCUT2D eigenvalue weighted by Crippen LogP contribution is -2.28. The molecular formula is C18H19N3O2S3. The van der Waals surface area contributed by atoms with Crippen LogP contribution in [0.5, 0.6) is 0 Å². The molecule has 1 aromatic heterocycles. The van der Waals surface area contributed by atoms with E-state index in [0.29, 0.717) is 21.6 Å². The van der Waals surface area contributed by atoms with Crippen LogP contribution in [-0.2, 0) is 16.6 Å². The van der Waals surface area contributed by atoms with Gasteiger partial charge in [0.2, 0.25) is 0 Å². The Labute approximate surface area is 162 Å². The Kier molecular flexibility index (Phi) is 7.58. The number of thiophene rings is 1. The molecule has 0 bridgehead atoms. The Hall–Kier alpha value is -2.42. The summed E-state index contributed by atoms with van der Waals surface area (Å²) in [6.45, 7) is 0.705. The summed E-state index contributed by atoms with van der Waals surface area (Å²) in [5, 5.41) is 4.95. The molecule has 0 unspecified atom stereocenters. The maximum Gasteiger partial charge on any atom is 0.271 e. The van der Waals surface area contributed by atoms with Gasteiger partial charge in [-0.3, -0.25) is 4.72 Å².